The van der Waals surface area contributed by atoms with Crippen molar-refractivity contribution in [3.63, 3.8) is 0 Å². The van der Waals surface area contributed by atoms with Crippen molar-refractivity contribution in [1.29, 1.82) is 0 Å². The van der Waals surface area contributed by atoms with Crippen LogP contribution in [0, 0.1) is 18.3 Å². The number of aromatic nitrogens is 1. The number of carbonyl (C=O) groups excluding carboxylic acids is 1. The molecule has 6 nitrogen and oxygen atoms in total. The Morgan fingerprint density at radius 1 is 0.795 bits per heavy atom. The van der Waals surface area contributed by atoms with Gasteiger partial charge in [0.25, 0.3) is 0 Å². The zero-order chi connectivity index (χ0) is 31.3. The lowest BCUT2D eigenvalue weighted by molar-refractivity contribution is -0.128. The topological polar surface area (TPSA) is 69.7 Å². The molecular weight excluding hydrogens is 548 g/mol. The maximum Gasteiger partial charge on any atom is 0.223 e. The van der Waals surface area contributed by atoms with Crippen LogP contribution in [0.5, 0.6) is 17.2 Å². The smallest absolute Gasteiger partial charge is 0.223 e. The van der Waals surface area contributed by atoms with Crippen molar-refractivity contribution in [2.45, 2.75) is 34.2 Å². The summed E-state index contributed by atoms with van der Waals surface area (Å²) in [6, 6.07) is 32.3. The number of pyridine rings is 1. The summed E-state index contributed by atoms with van der Waals surface area (Å²) in [4.78, 5) is 17.9. The third-order valence-electron chi connectivity index (χ3n) is 8.33. The van der Waals surface area contributed by atoms with Crippen LogP contribution in [-0.2, 0) is 11.3 Å². The highest BCUT2D eigenvalue weighted by atomic mass is 16.5. The van der Waals surface area contributed by atoms with E-state index in [2.05, 4.69) is 56.4 Å². The van der Waals surface area contributed by atoms with Crippen LogP contribution in [0.25, 0.3) is 33.3 Å². The largest absolute Gasteiger partial charge is 0.497 e. The number of ether oxygens (including phenoxy) is 3. The average molecular weight is 589 g/mol. The van der Waals surface area contributed by atoms with E-state index in [1.807, 2.05) is 73.7 Å². The van der Waals surface area contributed by atoms with E-state index < -0.39 is 0 Å². The fraction of sp³-hybridized carbons (Fsp3) is 0.263. The summed E-state index contributed by atoms with van der Waals surface area (Å²) < 4.78 is 17.0. The molecule has 1 aromatic heterocycles. The van der Waals surface area contributed by atoms with Crippen LogP contribution in [0.1, 0.15) is 31.9 Å². The molecule has 1 unspecified atom stereocenters. The molecular formula is C38H40N2O4. The van der Waals surface area contributed by atoms with E-state index in [-0.39, 0.29) is 17.2 Å². The Morgan fingerprint density at radius 3 is 2.07 bits per heavy atom. The van der Waals surface area contributed by atoms with Gasteiger partial charge in [0.2, 0.25) is 5.91 Å². The SMILES string of the molecule is COc1ccc(-c2cc(-c3ccc(OCC(C)(C)C(C)C(=O)NCc4ccc(C)cc4)cc3)nc3cc(OC)ccc23)cc1. The van der Waals surface area contributed by atoms with Gasteiger partial charge in [-0.1, -0.05) is 62.7 Å². The monoisotopic (exact) mass is 588 g/mol. The normalized spacial score (nSPS) is 12.0. The molecule has 226 valence electrons. The molecule has 1 heterocycles. The standard InChI is InChI=1S/C38H40N2O4/c1-25-7-9-27(10-8-25)23-39-37(41)26(2)38(3,4)24-44-31-17-13-29(14-18-31)35-22-34(28-11-15-30(42-5)16-12-28)33-20-19-32(43-6)21-36(33)40-35/h7-22,26H,23-24H2,1-6H3,(H,39,41). The Kier molecular flexibility index (Phi) is 9.19. The highest BCUT2D eigenvalue weighted by molar-refractivity contribution is 5.97. The maximum absolute atomic E-state index is 13.0. The molecule has 1 N–H and O–H groups in total. The first kappa shape index (κ1) is 30.6. The summed E-state index contributed by atoms with van der Waals surface area (Å²) in [7, 11) is 3.33. The fourth-order valence-electron chi connectivity index (χ4n) is 5.01. The summed E-state index contributed by atoms with van der Waals surface area (Å²) in [6.07, 6.45) is 0. The van der Waals surface area contributed by atoms with Crippen molar-refractivity contribution in [2.24, 2.45) is 11.3 Å². The lowest BCUT2D eigenvalue weighted by atomic mass is 9.80. The van der Waals surface area contributed by atoms with Crippen molar-refractivity contribution >= 4 is 16.8 Å². The van der Waals surface area contributed by atoms with Gasteiger partial charge in [-0.25, -0.2) is 4.98 Å². The Balaban J connectivity index is 1.30. The van der Waals surface area contributed by atoms with Gasteiger partial charge in [0.05, 0.1) is 32.0 Å². The van der Waals surface area contributed by atoms with Gasteiger partial charge in [0, 0.05) is 34.9 Å². The fourth-order valence-corrected chi connectivity index (χ4v) is 5.01. The molecule has 0 saturated carbocycles. The molecule has 0 radical (unpaired) electrons. The molecule has 5 aromatic rings. The van der Waals surface area contributed by atoms with Gasteiger partial charge in [0.15, 0.2) is 0 Å². The second-order valence-electron chi connectivity index (χ2n) is 11.9. The molecule has 0 fully saturated rings. The van der Waals surface area contributed by atoms with E-state index in [4.69, 9.17) is 19.2 Å². The quantitative estimate of drug-likeness (QED) is 0.168. The minimum absolute atomic E-state index is 0.0150. The molecule has 6 heteroatoms. The first-order valence-electron chi connectivity index (χ1n) is 14.9. The number of amides is 1. The van der Waals surface area contributed by atoms with E-state index in [9.17, 15) is 4.79 Å². The molecule has 1 atom stereocenters. The molecule has 44 heavy (non-hydrogen) atoms. The number of fused-ring (bicyclic) bond motifs is 1. The van der Waals surface area contributed by atoms with Crippen LogP contribution in [0.4, 0.5) is 0 Å². The van der Waals surface area contributed by atoms with Crippen molar-refractivity contribution < 1.29 is 19.0 Å². The Hall–Kier alpha value is -4.84. The number of benzene rings is 4. The second kappa shape index (κ2) is 13.2. The summed E-state index contributed by atoms with van der Waals surface area (Å²) in [5.74, 6) is 2.09. The van der Waals surface area contributed by atoms with Gasteiger partial charge in [-0.2, -0.15) is 0 Å². The van der Waals surface area contributed by atoms with Gasteiger partial charge >= 0.3 is 0 Å². The van der Waals surface area contributed by atoms with Crippen molar-refractivity contribution in [3.05, 3.63) is 108 Å². The van der Waals surface area contributed by atoms with Crippen LogP contribution in [0.2, 0.25) is 0 Å². The molecule has 0 spiro atoms. The molecule has 0 bridgehead atoms. The van der Waals surface area contributed by atoms with Crippen LogP contribution in [-0.4, -0.2) is 31.7 Å². The van der Waals surface area contributed by atoms with E-state index >= 15 is 0 Å². The van der Waals surface area contributed by atoms with Crippen LogP contribution >= 0.6 is 0 Å². The summed E-state index contributed by atoms with van der Waals surface area (Å²) >= 11 is 0. The Bertz CT molecular complexity index is 1730. The van der Waals surface area contributed by atoms with Crippen LogP contribution in [0.15, 0.2) is 97.1 Å². The molecule has 4 aromatic carbocycles. The molecule has 0 aliphatic rings. The van der Waals surface area contributed by atoms with E-state index in [0.29, 0.717) is 13.2 Å². The van der Waals surface area contributed by atoms with Gasteiger partial charge in [0.1, 0.15) is 17.2 Å². The number of hydrogen-bond acceptors (Lipinski definition) is 5. The zero-order valence-corrected chi connectivity index (χ0v) is 26.3. The second-order valence-corrected chi connectivity index (χ2v) is 11.9. The van der Waals surface area contributed by atoms with Crippen molar-refractivity contribution in [2.75, 3.05) is 20.8 Å². The number of hydrogen-bond donors (Lipinski definition) is 1. The van der Waals surface area contributed by atoms with Gasteiger partial charge in [-0.05, 0) is 78.2 Å². The van der Waals surface area contributed by atoms with Crippen molar-refractivity contribution in [3.8, 4) is 39.6 Å². The molecule has 0 aliphatic carbocycles. The summed E-state index contributed by atoms with van der Waals surface area (Å²) in [6.45, 7) is 9.05. The minimum atomic E-state index is -0.373. The third kappa shape index (κ3) is 7.03. The van der Waals surface area contributed by atoms with Crippen LogP contribution < -0.4 is 19.5 Å². The number of aryl methyl sites for hydroxylation is 1. The zero-order valence-electron chi connectivity index (χ0n) is 26.3. The third-order valence-corrected chi connectivity index (χ3v) is 8.33. The first-order chi connectivity index (χ1) is 21.2. The molecule has 1 amide bonds. The van der Waals surface area contributed by atoms with Gasteiger partial charge < -0.3 is 19.5 Å². The minimum Gasteiger partial charge on any atom is -0.497 e. The Morgan fingerprint density at radius 2 is 1.41 bits per heavy atom. The summed E-state index contributed by atoms with van der Waals surface area (Å²) in [5, 5.41) is 4.12. The highest BCUT2D eigenvalue weighted by Crippen LogP contribution is 2.35. The van der Waals surface area contributed by atoms with Gasteiger partial charge in [-0.3, -0.25) is 4.79 Å². The predicted octanol–water partition coefficient (Wildman–Crippen LogP) is 8.25. The number of nitrogens with one attached hydrogen (secondary N) is 1. The lowest BCUT2D eigenvalue weighted by Crippen LogP contribution is -2.40. The van der Waals surface area contributed by atoms with Crippen molar-refractivity contribution in [1.82, 2.24) is 10.3 Å². The molecule has 0 saturated heterocycles. The average Bonchev–Trinajstić information content (AvgIpc) is 3.06. The van der Waals surface area contributed by atoms with E-state index in [0.717, 1.165) is 56.1 Å². The number of nitrogens with zero attached hydrogens (tertiary/aromatic N) is 1. The van der Waals surface area contributed by atoms with Gasteiger partial charge in [-0.15, -0.1) is 0 Å². The molecule has 5 rings (SSSR count). The number of methoxy groups -OCH3 is 2. The van der Waals surface area contributed by atoms with E-state index in [1.165, 1.54) is 5.56 Å². The van der Waals surface area contributed by atoms with E-state index in [1.54, 1.807) is 14.2 Å². The maximum atomic E-state index is 13.0. The Labute approximate surface area is 260 Å². The van der Waals surface area contributed by atoms with Crippen LogP contribution in [0.3, 0.4) is 0 Å². The number of carbonyl (C=O) groups is 1. The lowest BCUT2D eigenvalue weighted by Gasteiger charge is -2.30. The highest BCUT2D eigenvalue weighted by Gasteiger charge is 2.32. The predicted molar refractivity (Wildman–Crippen MR) is 177 cm³/mol. The summed E-state index contributed by atoms with van der Waals surface area (Å²) in [5.41, 5.74) is 6.73. The first-order valence-corrected chi connectivity index (χ1v) is 14.9. The number of rotatable bonds is 11. The molecule has 0 aliphatic heterocycles.